The van der Waals surface area contributed by atoms with Gasteiger partial charge in [-0.1, -0.05) is 12.1 Å². The molecule has 2 aromatic rings. The lowest BCUT2D eigenvalue weighted by molar-refractivity contribution is -0.137. The molecule has 0 unspecified atom stereocenters. The van der Waals surface area contributed by atoms with Crippen molar-refractivity contribution in [3.63, 3.8) is 0 Å². The van der Waals surface area contributed by atoms with E-state index in [9.17, 15) is 13.2 Å². The number of benzene rings is 1. The Labute approximate surface area is 105 Å². The second-order valence-electron chi connectivity index (χ2n) is 3.69. The van der Waals surface area contributed by atoms with Gasteiger partial charge in [0.25, 0.3) is 0 Å². The minimum absolute atomic E-state index is 0.261. The van der Waals surface area contributed by atoms with Crippen molar-refractivity contribution in [2.45, 2.75) is 12.6 Å². The van der Waals surface area contributed by atoms with Crippen LogP contribution in [0.15, 0.2) is 24.3 Å². The van der Waals surface area contributed by atoms with E-state index in [1.54, 1.807) is 0 Å². The van der Waals surface area contributed by atoms with Gasteiger partial charge in [0.1, 0.15) is 0 Å². The molecule has 0 saturated heterocycles. The normalized spacial score (nSPS) is 11.7. The number of hydrogen-bond donors (Lipinski definition) is 2. The number of aromatic nitrogens is 3. The fraction of sp³-hybridized carbons (Fsp3) is 0.200. The largest absolute Gasteiger partial charge is 0.416 e. The van der Waals surface area contributed by atoms with Crippen molar-refractivity contribution >= 4 is 12.2 Å². The summed E-state index contributed by atoms with van der Waals surface area (Å²) in [4.78, 5) is 0. The van der Waals surface area contributed by atoms with Crippen LogP contribution in [0.1, 0.15) is 17.0 Å². The van der Waals surface area contributed by atoms with Gasteiger partial charge in [-0.2, -0.15) is 18.3 Å². The van der Waals surface area contributed by atoms with Crippen LogP contribution in [0.4, 0.5) is 13.2 Å². The smallest absolute Gasteiger partial charge is 0.335 e. The van der Waals surface area contributed by atoms with Crippen molar-refractivity contribution in [1.82, 2.24) is 14.9 Å². The van der Waals surface area contributed by atoms with Crippen LogP contribution in [0.2, 0.25) is 0 Å². The molecule has 0 bridgehead atoms. The van der Waals surface area contributed by atoms with Gasteiger partial charge in [0.05, 0.1) is 5.56 Å². The molecule has 96 valence electrons. The van der Waals surface area contributed by atoms with Crippen LogP contribution in [0.3, 0.4) is 0 Å². The van der Waals surface area contributed by atoms with Crippen molar-refractivity contribution in [1.29, 1.82) is 0 Å². The molecule has 18 heavy (non-hydrogen) atoms. The van der Waals surface area contributed by atoms with Crippen LogP contribution in [0.5, 0.6) is 0 Å². The summed E-state index contributed by atoms with van der Waals surface area (Å²) in [6.07, 6.45) is -4.02. The third-order valence-corrected chi connectivity index (χ3v) is 2.71. The van der Waals surface area contributed by atoms with Gasteiger partial charge in [-0.3, -0.25) is 5.10 Å². The molecular formula is C10H9F3N4S. The molecule has 0 aliphatic rings. The van der Waals surface area contributed by atoms with Gasteiger partial charge in [-0.05, 0) is 29.9 Å². The molecule has 0 aliphatic carbocycles. The number of halogens is 3. The van der Waals surface area contributed by atoms with Crippen LogP contribution < -0.4 is 5.84 Å². The quantitative estimate of drug-likeness (QED) is 0.652. The predicted molar refractivity (Wildman–Crippen MR) is 61.8 cm³/mol. The third-order valence-electron chi connectivity index (χ3n) is 2.42. The lowest BCUT2D eigenvalue weighted by atomic mass is 10.1. The van der Waals surface area contributed by atoms with E-state index in [1.807, 2.05) is 0 Å². The standard InChI is InChI=1S/C10H9F3N4S/c11-10(12,13)7-3-1-6(2-4-7)5-8-15-16-9(18)17(8)14/h1-4H,5,14H2,(H,16,18). The van der Waals surface area contributed by atoms with E-state index in [-0.39, 0.29) is 4.77 Å². The number of nitrogens with zero attached hydrogens (tertiary/aromatic N) is 2. The zero-order valence-electron chi connectivity index (χ0n) is 9.03. The number of alkyl halides is 3. The van der Waals surface area contributed by atoms with Crippen LogP contribution in [0, 0.1) is 4.77 Å². The van der Waals surface area contributed by atoms with Crippen molar-refractivity contribution in [3.8, 4) is 0 Å². The van der Waals surface area contributed by atoms with Crippen LogP contribution >= 0.6 is 12.2 Å². The first-order valence-electron chi connectivity index (χ1n) is 4.95. The average Bonchev–Trinajstić information content (AvgIpc) is 2.61. The summed E-state index contributed by atoms with van der Waals surface area (Å²) in [6, 6.07) is 4.83. The number of nitrogens with one attached hydrogen (secondary N) is 1. The Morgan fingerprint density at radius 2 is 1.89 bits per heavy atom. The number of aromatic amines is 1. The molecule has 2 rings (SSSR count). The van der Waals surface area contributed by atoms with Gasteiger partial charge in [0.2, 0.25) is 4.77 Å². The highest BCUT2D eigenvalue weighted by atomic mass is 32.1. The minimum atomic E-state index is -4.33. The minimum Gasteiger partial charge on any atom is -0.335 e. The summed E-state index contributed by atoms with van der Waals surface area (Å²) in [5.41, 5.74) is -0.0124. The fourth-order valence-electron chi connectivity index (χ4n) is 1.46. The van der Waals surface area contributed by atoms with E-state index >= 15 is 0 Å². The Kier molecular flexibility index (Phi) is 3.12. The van der Waals surface area contributed by atoms with Crippen LogP contribution in [-0.2, 0) is 12.6 Å². The molecule has 1 aromatic heterocycles. The predicted octanol–water partition coefficient (Wildman–Crippen LogP) is 2.26. The van der Waals surface area contributed by atoms with Gasteiger partial charge in [0, 0.05) is 6.42 Å². The molecule has 3 N–H and O–H groups in total. The highest BCUT2D eigenvalue weighted by Crippen LogP contribution is 2.29. The summed E-state index contributed by atoms with van der Waals surface area (Å²) in [5.74, 6) is 6.05. The first-order valence-corrected chi connectivity index (χ1v) is 5.36. The maximum atomic E-state index is 12.4. The van der Waals surface area contributed by atoms with E-state index in [2.05, 4.69) is 10.2 Å². The van der Waals surface area contributed by atoms with E-state index in [1.165, 1.54) is 16.8 Å². The molecule has 0 spiro atoms. The summed E-state index contributed by atoms with van der Waals surface area (Å²) >= 11 is 4.83. The van der Waals surface area contributed by atoms with Crippen molar-refractivity contribution in [2.75, 3.05) is 5.84 Å². The summed E-state index contributed by atoms with van der Waals surface area (Å²) < 4.78 is 38.5. The number of H-pyrrole nitrogens is 1. The lowest BCUT2D eigenvalue weighted by Gasteiger charge is -2.07. The second-order valence-corrected chi connectivity index (χ2v) is 4.07. The Bertz CT molecular complexity index is 597. The highest BCUT2D eigenvalue weighted by molar-refractivity contribution is 7.71. The maximum absolute atomic E-state index is 12.4. The summed E-state index contributed by atoms with van der Waals surface area (Å²) in [5, 5.41) is 6.38. The zero-order chi connectivity index (χ0) is 13.3. The monoisotopic (exact) mass is 274 g/mol. The average molecular weight is 274 g/mol. The van der Waals surface area contributed by atoms with Crippen LogP contribution in [0.25, 0.3) is 0 Å². The van der Waals surface area contributed by atoms with Gasteiger partial charge in [-0.25, -0.2) is 4.68 Å². The topological polar surface area (TPSA) is 59.6 Å². The van der Waals surface area contributed by atoms with E-state index in [0.29, 0.717) is 17.8 Å². The number of nitrogens with two attached hydrogens (primary N) is 1. The first-order chi connectivity index (χ1) is 8.38. The van der Waals surface area contributed by atoms with Gasteiger partial charge >= 0.3 is 6.18 Å². The molecule has 0 amide bonds. The molecule has 1 aromatic carbocycles. The molecule has 0 fully saturated rings. The number of rotatable bonds is 2. The van der Waals surface area contributed by atoms with Gasteiger partial charge in [-0.15, -0.1) is 0 Å². The van der Waals surface area contributed by atoms with E-state index in [4.69, 9.17) is 18.1 Å². The van der Waals surface area contributed by atoms with Crippen molar-refractivity contribution in [2.24, 2.45) is 0 Å². The maximum Gasteiger partial charge on any atom is 0.416 e. The Balaban J connectivity index is 2.21. The Morgan fingerprint density at radius 3 is 2.33 bits per heavy atom. The highest BCUT2D eigenvalue weighted by Gasteiger charge is 2.29. The lowest BCUT2D eigenvalue weighted by Crippen LogP contribution is -2.13. The van der Waals surface area contributed by atoms with E-state index < -0.39 is 11.7 Å². The number of hydrogen-bond acceptors (Lipinski definition) is 3. The van der Waals surface area contributed by atoms with Gasteiger partial charge < -0.3 is 5.84 Å². The van der Waals surface area contributed by atoms with Crippen molar-refractivity contribution in [3.05, 3.63) is 46.0 Å². The SMILES string of the molecule is Nn1c(Cc2ccc(C(F)(F)F)cc2)n[nH]c1=S. The molecule has 8 heteroatoms. The molecule has 0 radical (unpaired) electrons. The molecule has 4 nitrogen and oxygen atoms in total. The molecular weight excluding hydrogens is 265 g/mol. The van der Waals surface area contributed by atoms with Crippen molar-refractivity contribution < 1.29 is 13.2 Å². The van der Waals surface area contributed by atoms with Crippen LogP contribution in [-0.4, -0.2) is 14.9 Å². The van der Waals surface area contributed by atoms with E-state index in [0.717, 1.165) is 12.1 Å². The first kappa shape index (κ1) is 12.6. The molecule has 0 saturated carbocycles. The zero-order valence-corrected chi connectivity index (χ0v) is 9.85. The Hall–Kier alpha value is -1.83. The molecule has 0 atom stereocenters. The van der Waals surface area contributed by atoms with Gasteiger partial charge in [0.15, 0.2) is 5.82 Å². The summed E-state index contributed by atoms with van der Waals surface area (Å²) in [6.45, 7) is 0. The Morgan fingerprint density at radius 1 is 1.28 bits per heavy atom. The molecule has 1 heterocycles. The molecule has 0 aliphatic heterocycles. The second kappa shape index (κ2) is 4.45. The summed E-state index contributed by atoms with van der Waals surface area (Å²) in [7, 11) is 0. The number of nitrogen functional groups attached to an aromatic ring is 1. The third kappa shape index (κ3) is 2.53. The fourth-order valence-corrected chi connectivity index (χ4v) is 1.61.